The molecule has 1 saturated carbocycles. The molecular weight excluding hydrogens is 336 g/mol. The lowest BCUT2D eigenvalue weighted by molar-refractivity contribution is 0.0952. The Morgan fingerprint density at radius 2 is 2.00 bits per heavy atom. The summed E-state index contributed by atoms with van der Waals surface area (Å²) in [5, 5.41) is 8.02. The van der Waals surface area contributed by atoms with Crippen molar-refractivity contribution in [1.82, 2.24) is 10.3 Å². The minimum atomic E-state index is -0.345. The topological polar surface area (TPSA) is 97.1 Å². The molecule has 1 aromatic carbocycles. The van der Waals surface area contributed by atoms with Gasteiger partial charge in [0.05, 0.1) is 11.3 Å². The molecule has 8 heteroatoms. The molecule has 0 radical (unpaired) electrons. The van der Waals surface area contributed by atoms with Crippen LogP contribution in [0.25, 0.3) is 0 Å². The first-order chi connectivity index (χ1) is 10.7. The van der Waals surface area contributed by atoms with Gasteiger partial charge in [0.2, 0.25) is 0 Å². The summed E-state index contributed by atoms with van der Waals surface area (Å²) >= 11 is 1.34. The normalized spacial score (nSPS) is 13.1. The van der Waals surface area contributed by atoms with E-state index in [2.05, 4.69) is 15.6 Å². The van der Waals surface area contributed by atoms with Crippen LogP contribution in [0.15, 0.2) is 29.6 Å². The van der Waals surface area contributed by atoms with Gasteiger partial charge in [0.1, 0.15) is 10.7 Å². The largest absolute Gasteiger partial charge is 0.349 e. The first-order valence-corrected chi connectivity index (χ1v) is 7.91. The fraction of sp³-hybridized carbons (Fsp3) is 0.267. The predicted molar refractivity (Wildman–Crippen MR) is 92.1 cm³/mol. The summed E-state index contributed by atoms with van der Waals surface area (Å²) in [5.41, 5.74) is 6.74. The minimum Gasteiger partial charge on any atom is -0.349 e. The van der Waals surface area contributed by atoms with E-state index in [0.29, 0.717) is 28.5 Å². The molecule has 122 valence electrons. The molecule has 4 N–H and O–H groups in total. The molecule has 6 nitrogen and oxygen atoms in total. The summed E-state index contributed by atoms with van der Waals surface area (Å²) in [4.78, 5) is 28.5. The second-order valence-corrected chi connectivity index (χ2v) is 6.02. The van der Waals surface area contributed by atoms with Gasteiger partial charge in [-0.15, -0.1) is 23.7 Å². The maximum absolute atomic E-state index is 12.2. The Morgan fingerprint density at radius 3 is 2.65 bits per heavy atom. The van der Waals surface area contributed by atoms with Gasteiger partial charge in [0.15, 0.2) is 0 Å². The van der Waals surface area contributed by atoms with E-state index in [0.717, 1.165) is 12.8 Å². The van der Waals surface area contributed by atoms with E-state index in [9.17, 15) is 9.59 Å². The second-order valence-electron chi connectivity index (χ2n) is 5.08. The number of benzene rings is 1. The van der Waals surface area contributed by atoms with E-state index in [1.807, 2.05) is 0 Å². The Balaban J connectivity index is 0.00000192. The van der Waals surface area contributed by atoms with Crippen molar-refractivity contribution in [3.05, 3.63) is 45.9 Å². The molecule has 1 fully saturated rings. The highest BCUT2D eigenvalue weighted by Gasteiger charge is 2.25. The molecule has 2 amide bonds. The fourth-order valence-corrected chi connectivity index (χ4v) is 2.63. The van der Waals surface area contributed by atoms with E-state index in [1.54, 1.807) is 29.6 Å². The Hall–Kier alpha value is -1.96. The van der Waals surface area contributed by atoms with Crippen molar-refractivity contribution in [2.45, 2.75) is 25.4 Å². The van der Waals surface area contributed by atoms with Crippen LogP contribution in [0, 0.1) is 0 Å². The molecule has 0 saturated heterocycles. The van der Waals surface area contributed by atoms with Crippen LogP contribution >= 0.6 is 23.7 Å². The van der Waals surface area contributed by atoms with Crippen molar-refractivity contribution in [2.24, 2.45) is 5.73 Å². The van der Waals surface area contributed by atoms with Gasteiger partial charge in [-0.25, -0.2) is 4.98 Å². The minimum absolute atomic E-state index is 0. The van der Waals surface area contributed by atoms with E-state index < -0.39 is 0 Å². The van der Waals surface area contributed by atoms with Crippen molar-refractivity contribution in [1.29, 1.82) is 0 Å². The summed E-state index contributed by atoms with van der Waals surface area (Å²) in [6, 6.07) is 7.21. The first-order valence-electron chi connectivity index (χ1n) is 7.03. The summed E-state index contributed by atoms with van der Waals surface area (Å²) < 4.78 is 0. The van der Waals surface area contributed by atoms with Crippen molar-refractivity contribution < 1.29 is 9.59 Å². The average molecular weight is 353 g/mol. The molecule has 0 unspecified atom stereocenters. The maximum Gasteiger partial charge on any atom is 0.275 e. The van der Waals surface area contributed by atoms with Crippen molar-refractivity contribution >= 4 is 41.2 Å². The molecule has 0 aliphatic heterocycles. The molecule has 23 heavy (non-hydrogen) atoms. The van der Waals surface area contributed by atoms with Crippen LogP contribution in [0.2, 0.25) is 0 Å². The van der Waals surface area contributed by atoms with Crippen LogP contribution in [-0.2, 0) is 6.54 Å². The van der Waals surface area contributed by atoms with E-state index >= 15 is 0 Å². The highest BCUT2D eigenvalue weighted by Crippen LogP contribution is 2.22. The van der Waals surface area contributed by atoms with Crippen LogP contribution in [0.3, 0.4) is 0 Å². The number of halogens is 1. The molecule has 2 aromatic rings. The number of para-hydroxylation sites is 1. The fourth-order valence-electron chi connectivity index (χ4n) is 1.98. The number of hydrogen-bond acceptors (Lipinski definition) is 5. The predicted octanol–water partition coefficient (Wildman–Crippen LogP) is 2.17. The first kappa shape index (κ1) is 17.4. The lowest BCUT2D eigenvalue weighted by Crippen LogP contribution is -2.27. The van der Waals surface area contributed by atoms with E-state index in [-0.39, 0.29) is 30.3 Å². The number of nitrogens with one attached hydrogen (secondary N) is 2. The number of carbonyl (C=O) groups excluding carboxylic acids is 2. The number of thiazole rings is 1. The van der Waals surface area contributed by atoms with E-state index in [1.165, 1.54) is 11.3 Å². The molecule has 0 bridgehead atoms. The molecule has 0 spiro atoms. The quantitative estimate of drug-likeness (QED) is 0.768. The van der Waals surface area contributed by atoms with Crippen LogP contribution in [0.4, 0.5) is 5.69 Å². The Labute approximate surface area is 143 Å². The molecule has 1 aliphatic rings. The Bertz CT molecular complexity index is 715. The SMILES string of the molecule is Cl.NCc1nc(C(=O)Nc2ccccc2C(=O)NC2CC2)cs1. The zero-order chi connectivity index (χ0) is 15.5. The number of anilines is 1. The van der Waals surface area contributed by atoms with Gasteiger partial charge in [-0.3, -0.25) is 9.59 Å². The maximum atomic E-state index is 12.2. The van der Waals surface area contributed by atoms with Gasteiger partial charge in [-0.1, -0.05) is 12.1 Å². The number of rotatable bonds is 5. The molecule has 3 rings (SSSR count). The lowest BCUT2D eigenvalue weighted by Gasteiger charge is -2.10. The zero-order valence-electron chi connectivity index (χ0n) is 12.2. The summed E-state index contributed by atoms with van der Waals surface area (Å²) in [7, 11) is 0. The van der Waals surface area contributed by atoms with Crippen molar-refractivity contribution in [3.8, 4) is 0 Å². The average Bonchev–Trinajstić information content (AvgIpc) is 3.20. The lowest BCUT2D eigenvalue weighted by atomic mass is 10.1. The van der Waals surface area contributed by atoms with Gasteiger partial charge in [-0.05, 0) is 25.0 Å². The third-order valence-electron chi connectivity index (χ3n) is 3.29. The smallest absolute Gasteiger partial charge is 0.275 e. The number of amides is 2. The summed E-state index contributed by atoms with van der Waals surface area (Å²) in [6.45, 7) is 0.304. The summed E-state index contributed by atoms with van der Waals surface area (Å²) in [6.07, 6.45) is 2.03. The van der Waals surface area contributed by atoms with Crippen LogP contribution in [0.5, 0.6) is 0 Å². The van der Waals surface area contributed by atoms with Crippen LogP contribution in [-0.4, -0.2) is 22.8 Å². The zero-order valence-corrected chi connectivity index (χ0v) is 13.9. The Kier molecular flexibility index (Phi) is 5.70. The van der Waals surface area contributed by atoms with Gasteiger partial charge >= 0.3 is 0 Å². The van der Waals surface area contributed by atoms with Gasteiger partial charge in [-0.2, -0.15) is 0 Å². The van der Waals surface area contributed by atoms with Crippen LogP contribution in [0.1, 0.15) is 38.7 Å². The number of carbonyl (C=O) groups is 2. The third-order valence-corrected chi connectivity index (χ3v) is 4.16. The third kappa shape index (κ3) is 4.28. The number of hydrogen-bond donors (Lipinski definition) is 3. The highest BCUT2D eigenvalue weighted by molar-refractivity contribution is 7.09. The van der Waals surface area contributed by atoms with Gasteiger partial charge in [0.25, 0.3) is 11.8 Å². The number of nitrogens with two attached hydrogens (primary N) is 1. The molecule has 1 heterocycles. The standard InChI is InChI=1S/C15H16N4O2S.ClH/c16-7-13-18-12(8-22-13)15(21)19-11-4-2-1-3-10(11)14(20)17-9-5-6-9;/h1-4,8-9H,5-7,16H2,(H,17,20)(H,19,21);1H. The van der Waals surface area contributed by atoms with E-state index in [4.69, 9.17) is 5.73 Å². The highest BCUT2D eigenvalue weighted by atomic mass is 35.5. The van der Waals surface area contributed by atoms with Gasteiger partial charge < -0.3 is 16.4 Å². The van der Waals surface area contributed by atoms with Gasteiger partial charge in [0, 0.05) is 18.0 Å². The second kappa shape index (κ2) is 7.54. The van der Waals surface area contributed by atoms with Crippen molar-refractivity contribution in [2.75, 3.05) is 5.32 Å². The molecule has 1 aliphatic carbocycles. The van der Waals surface area contributed by atoms with Crippen molar-refractivity contribution in [3.63, 3.8) is 0 Å². The molecular formula is C15H17ClN4O2S. The van der Waals surface area contributed by atoms with Crippen LogP contribution < -0.4 is 16.4 Å². The Morgan fingerprint density at radius 1 is 1.26 bits per heavy atom. The molecule has 1 aromatic heterocycles. The monoisotopic (exact) mass is 352 g/mol. The molecule has 0 atom stereocenters. The number of nitrogens with zero attached hydrogens (tertiary/aromatic N) is 1. The number of aromatic nitrogens is 1. The summed E-state index contributed by atoms with van der Waals surface area (Å²) in [5.74, 6) is -0.512.